The van der Waals surface area contributed by atoms with Gasteiger partial charge in [-0.05, 0) is 18.4 Å². The van der Waals surface area contributed by atoms with E-state index < -0.39 is 0 Å². The Morgan fingerprint density at radius 1 is 1.14 bits per heavy atom. The molecular weight excluding hydrogens is 276 g/mol. The van der Waals surface area contributed by atoms with E-state index in [1.807, 2.05) is 37.3 Å². The van der Waals surface area contributed by atoms with Crippen molar-refractivity contribution in [1.82, 2.24) is 0 Å². The maximum atomic E-state index is 12.2. The zero-order valence-electron chi connectivity index (χ0n) is 12.8. The highest BCUT2D eigenvalue weighted by Crippen LogP contribution is 2.37. The molecule has 1 aromatic rings. The van der Waals surface area contributed by atoms with Crippen LogP contribution in [0.15, 0.2) is 53.3 Å². The summed E-state index contributed by atoms with van der Waals surface area (Å²) in [6.07, 6.45) is 4.32. The molecule has 2 aliphatic carbocycles. The number of carbonyl (C=O) groups is 2. The third kappa shape index (κ3) is 2.89. The Labute approximate surface area is 130 Å². The number of ketones is 2. The van der Waals surface area contributed by atoms with Crippen LogP contribution in [-0.2, 0) is 20.9 Å². The van der Waals surface area contributed by atoms with Gasteiger partial charge >= 0.3 is 0 Å². The van der Waals surface area contributed by atoms with Gasteiger partial charge in [0.15, 0.2) is 11.6 Å². The van der Waals surface area contributed by atoms with E-state index in [4.69, 9.17) is 4.74 Å². The van der Waals surface area contributed by atoms with Crippen LogP contribution < -0.4 is 0 Å². The quantitative estimate of drug-likeness (QED) is 0.831. The van der Waals surface area contributed by atoms with Gasteiger partial charge in [0.25, 0.3) is 0 Å². The van der Waals surface area contributed by atoms with E-state index in [1.54, 1.807) is 6.08 Å². The molecule has 0 radical (unpaired) electrons. The normalized spacial score (nSPS) is 21.5. The first-order valence-corrected chi connectivity index (χ1v) is 7.85. The largest absolute Gasteiger partial charge is 0.493 e. The molecule has 2 aliphatic rings. The first kappa shape index (κ1) is 14.8. The van der Waals surface area contributed by atoms with E-state index in [0.29, 0.717) is 25.2 Å². The number of ether oxygens (including phenoxy) is 1. The van der Waals surface area contributed by atoms with Crippen LogP contribution in [0.2, 0.25) is 0 Å². The number of Topliss-reactive ketones (excluding diaryl/α,β-unsaturated/α-hetero) is 1. The van der Waals surface area contributed by atoms with Crippen molar-refractivity contribution in [3.8, 4) is 0 Å². The van der Waals surface area contributed by atoms with Crippen molar-refractivity contribution in [3.63, 3.8) is 0 Å². The summed E-state index contributed by atoms with van der Waals surface area (Å²) in [6.45, 7) is 2.51. The fraction of sp³-hybridized carbons (Fsp3) is 0.368. The molecule has 1 unspecified atom stereocenters. The van der Waals surface area contributed by atoms with Gasteiger partial charge in [0.1, 0.15) is 12.4 Å². The molecule has 1 aromatic carbocycles. The minimum Gasteiger partial charge on any atom is -0.493 e. The van der Waals surface area contributed by atoms with Crippen LogP contribution >= 0.6 is 0 Å². The van der Waals surface area contributed by atoms with Crippen LogP contribution in [0, 0.1) is 5.92 Å². The lowest BCUT2D eigenvalue weighted by Gasteiger charge is -2.13. The Kier molecular flexibility index (Phi) is 4.23. The predicted molar refractivity (Wildman–Crippen MR) is 84.0 cm³/mol. The fourth-order valence-corrected chi connectivity index (χ4v) is 3.25. The molecule has 22 heavy (non-hydrogen) atoms. The zero-order chi connectivity index (χ0) is 15.5. The Morgan fingerprint density at radius 3 is 2.64 bits per heavy atom. The molecule has 3 heteroatoms. The van der Waals surface area contributed by atoms with Crippen molar-refractivity contribution in [2.75, 3.05) is 0 Å². The number of rotatable bonds is 5. The molecule has 3 nitrogen and oxygen atoms in total. The number of allylic oxidation sites excluding steroid dienone is 4. The van der Waals surface area contributed by atoms with Crippen LogP contribution in [-0.4, -0.2) is 11.6 Å². The maximum Gasteiger partial charge on any atom is 0.167 e. The smallest absolute Gasteiger partial charge is 0.167 e. The molecular formula is C19H20O3. The second kappa shape index (κ2) is 6.30. The highest BCUT2D eigenvalue weighted by atomic mass is 16.5. The van der Waals surface area contributed by atoms with E-state index in [-0.39, 0.29) is 17.5 Å². The average molecular weight is 296 g/mol. The molecule has 0 aliphatic heterocycles. The standard InChI is InChI=1S/C19H20O3/c1-2-14-8-9-17(20)19(14)16-10-15(11-18(16)21)22-12-13-6-4-3-5-7-13/h3-7,11,16H,2,8-10,12H2,1H3. The summed E-state index contributed by atoms with van der Waals surface area (Å²) >= 11 is 0. The fourth-order valence-electron chi connectivity index (χ4n) is 3.25. The van der Waals surface area contributed by atoms with Gasteiger partial charge in [0.05, 0.1) is 5.92 Å². The molecule has 0 aromatic heterocycles. The lowest BCUT2D eigenvalue weighted by Crippen LogP contribution is -2.15. The van der Waals surface area contributed by atoms with Crippen molar-refractivity contribution in [1.29, 1.82) is 0 Å². The van der Waals surface area contributed by atoms with E-state index in [2.05, 4.69) is 0 Å². The van der Waals surface area contributed by atoms with Crippen LogP contribution in [0.5, 0.6) is 0 Å². The number of hydrogen-bond donors (Lipinski definition) is 0. The lowest BCUT2D eigenvalue weighted by molar-refractivity contribution is -0.120. The van der Waals surface area contributed by atoms with Crippen molar-refractivity contribution in [2.24, 2.45) is 5.92 Å². The van der Waals surface area contributed by atoms with Gasteiger partial charge in [-0.1, -0.05) is 42.8 Å². The molecule has 1 atom stereocenters. The third-order valence-corrected chi connectivity index (χ3v) is 4.43. The lowest BCUT2D eigenvalue weighted by atomic mass is 9.91. The van der Waals surface area contributed by atoms with Crippen LogP contribution in [0.4, 0.5) is 0 Å². The molecule has 0 N–H and O–H groups in total. The molecule has 3 rings (SSSR count). The highest BCUT2D eigenvalue weighted by molar-refractivity contribution is 6.08. The SMILES string of the molecule is CCC1=C(C2CC(OCc3ccccc3)=CC2=O)C(=O)CC1. The van der Waals surface area contributed by atoms with Crippen LogP contribution in [0.3, 0.4) is 0 Å². The van der Waals surface area contributed by atoms with E-state index in [1.165, 1.54) is 0 Å². The van der Waals surface area contributed by atoms with Crippen LogP contribution in [0.1, 0.15) is 38.2 Å². The van der Waals surface area contributed by atoms with Gasteiger partial charge in [0, 0.05) is 24.5 Å². The second-order valence-corrected chi connectivity index (χ2v) is 5.84. The molecule has 114 valence electrons. The van der Waals surface area contributed by atoms with Gasteiger partial charge in [0.2, 0.25) is 0 Å². The molecule has 0 saturated heterocycles. The first-order valence-electron chi connectivity index (χ1n) is 7.85. The molecule has 0 fully saturated rings. The van der Waals surface area contributed by atoms with Crippen molar-refractivity contribution in [3.05, 3.63) is 58.9 Å². The number of benzene rings is 1. The summed E-state index contributed by atoms with van der Waals surface area (Å²) in [6, 6.07) is 9.87. The van der Waals surface area contributed by atoms with E-state index >= 15 is 0 Å². The van der Waals surface area contributed by atoms with E-state index in [0.717, 1.165) is 29.6 Å². The monoisotopic (exact) mass is 296 g/mol. The number of hydrogen-bond acceptors (Lipinski definition) is 3. The molecule has 0 spiro atoms. The third-order valence-electron chi connectivity index (χ3n) is 4.43. The van der Waals surface area contributed by atoms with Gasteiger partial charge in [-0.3, -0.25) is 9.59 Å². The second-order valence-electron chi connectivity index (χ2n) is 5.84. The topological polar surface area (TPSA) is 43.4 Å². The molecule has 0 heterocycles. The number of carbonyl (C=O) groups excluding carboxylic acids is 2. The maximum absolute atomic E-state index is 12.2. The Morgan fingerprint density at radius 2 is 1.91 bits per heavy atom. The van der Waals surface area contributed by atoms with Crippen molar-refractivity contribution in [2.45, 2.75) is 39.2 Å². The summed E-state index contributed by atoms with van der Waals surface area (Å²) < 4.78 is 5.76. The van der Waals surface area contributed by atoms with Gasteiger partial charge in [-0.25, -0.2) is 0 Å². The van der Waals surface area contributed by atoms with Gasteiger partial charge in [-0.15, -0.1) is 0 Å². The Hall–Kier alpha value is -2.16. The summed E-state index contributed by atoms with van der Waals surface area (Å²) in [5.41, 5.74) is 2.99. The Balaban J connectivity index is 1.67. The first-order chi connectivity index (χ1) is 10.7. The van der Waals surface area contributed by atoms with Crippen LogP contribution in [0.25, 0.3) is 0 Å². The average Bonchev–Trinajstić information content (AvgIpc) is 3.08. The molecule has 0 saturated carbocycles. The minimum absolute atomic E-state index is 0.0132. The predicted octanol–water partition coefficient (Wildman–Crippen LogP) is 3.75. The zero-order valence-corrected chi connectivity index (χ0v) is 12.8. The van der Waals surface area contributed by atoms with Crippen molar-refractivity contribution < 1.29 is 14.3 Å². The van der Waals surface area contributed by atoms with E-state index in [9.17, 15) is 9.59 Å². The highest BCUT2D eigenvalue weighted by Gasteiger charge is 2.36. The molecule has 0 bridgehead atoms. The van der Waals surface area contributed by atoms with Gasteiger partial charge < -0.3 is 4.74 Å². The Bertz CT molecular complexity index is 653. The summed E-state index contributed by atoms with van der Waals surface area (Å²) in [7, 11) is 0. The van der Waals surface area contributed by atoms with Crippen molar-refractivity contribution >= 4 is 11.6 Å². The summed E-state index contributed by atoms with van der Waals surface area (Å²) in [4.78, 5) is 24.3. The minimum atomic E-state index is -0.310. The molecule has 0 amide bonds. The summed E-state index contributed by atoms with van der Waals surface area (Å²) in [5.74, 6) is 0.546. The summed E-state index contributed by atoms with van der Waals surface area (Å²) in [5, 5.41) is 0. The van der Waals surface area contributed by atoms with Gasteiger partial charge in [-0.2, -0.15) is 0 Å².